The summed E-state index contributed by atoms with van der Waals surface area (Å²) in [4.78, 5) is 12.0. The minimum atomic E-state index is -1.01. The lowest BCUT2D eigenvalue weighted by molar-refractivity contribution is 0.0682. The van der Waals surface area contributed by atoms with Crippen molar-refractivity contribution in [3.8, 4) is 18.1 Å². The van der Waals surface area contributed by atoms with Crippen LogP contribution >= 0.6 is 11.8 Å². The van der Waals surface area contributed by atoms with Crippen molar-refractivity contribution in [1.29, 1.82) is 0 Å². The Hall–Kier alpha value is -1.60. The molecule has 1 aromatic carbocycles. The van der Waals surface area contributed by atoms with E-state index < -0.39 is 11.6 Å². The second-order valence-corrected chi connectivity index (χ2v) is 5.43. The van der Waals surface area contributed by atoms with Gasteiger partial charge >= 0.3 is 5.97 Å². The van der Waals surface area contributed by atoms with Crippen LogP contribution in [0.4, 0.5) is 0 Å². The van der Waals surface area contributed by atoms with Gasteiger partial charge in [-0.25, -0.2) is 4.79 Å². The van der Waals surface area contributed by atoms with Crippen molar-refractivity contribution in [3.05, 3.63) is 23.8 Å². The van der Waals surface area contributed by atoms with Crippen LogP contribution in [0, 0.1) is 12.3 Å². The summed E-state index contributed by atoms with van der Waals surface area (Å²) in [6, 6.07) is 5.17. The molecule has 0 aliphatic carbocycles. The molecule has 1 rings (SSSR count). The molecule has 0 aliphatic heterocycles. The Labute approximate surface area is 112 Å². The smallest absolute Gasteiger partial charge is 0.340 e. The fourth-order valence-electron chi connectivity index (χ4n) is 1.39. The van der Waals surface area contributed by atoms with Gasteiger partial charge in [0.15, 0.2) is 5.60 Å². The van der Waals surface area contributed by atoms with E-state index in [0.29, 0.717) is 10.6 Å². The number of terminal acetylenes is 1. The quantitative estimate of drug-likeness (QED) is 0.655. The average Bonchev–Trinajstić information content (AvgIpc) is 2.28. The van der Waals surface area contributed by atoms with Gasteiger partial charge in [-0.05, 0) is 31.7 Å². The second-order valence-electron chi connectivity index (χ2n) is 4.12. The molecule has 18 heavy (non-hydrogen) atoms. The van der Waals surface area contributed by atoms with Crippen molar-refractivity contribution in [1.82, 2.24) is 0 Å². The van der Waals surface area contributed by atoms with E-state index in [0.717, 1.165) is 5.75 Å². The molecule has 0 bridgehead atoms. The molecule has 1 N–H and O–H groups in total. The molecule has 0 fully saturated rings. The molecule has 0 radical (unpaired) electrons. The molecule has 4 heteroatoms. The molecule has 0 saturated heterocycles. The Morgan fingerprint density at radius 3 is 2.72 bits per heavy atom. The number of thioether (sulfide) groups is 1. The summed E-state index contributed by atoms with van der Waals surface area (Å²) < 4.78 is 5.60. The zero-order valence-electron chi connectivity index (χ0n) is 10.7. The molecule has 0 aliphatic rings. The van der Waals surface area contributed by atoms with Gasteiger partial charge in [0, 0.05) is 4.90 Å². The number of rotatable bonds is 5. The summed E-state index contributed by atoms with van der Waals surface area (Å²) in [5.74, 6) is 2.58. The van der Waals surface area contributed by atoms with Gasteiger partial charge in [0.25, 0.3) is 0 Å². The van der Waals surface area contributed by atoms with E-state index in [2.05, 4.69) is 5.92 Å². The van der Waals surface area contributed by atoms with E-state index >= 15 is 0 Å². The monoisotopic (exact) mass is 264 g/mol. The molecule has 1 aromatic rings. The number of carbonyl (C=O) groups is 1. The fourth-order valence-corrected chi connectivity index (χ4v) is 2.21. The second kappa shape index (κ2) is 5.83. The first kappa shape index (κ1) is 14.5. The van der Waals surface area contributed by atoms with Crippen molar-refractivity contribution in [2.24, 2.45) is 0 Å². The van der Waals surface area contributed by atoms with Crippen LogP contribution in [0.2, 0.25) is 0 Å². The molecule has 0 atom stereocenters. The zero-order chi connectivity index (χ0) is 13.8. The molecule has 0 spiro atoms. The average molecular weight is 264 g/mol. The highest BCUT2D eigenvalue weighted by Crippen LogP contribution is 2.32. The van der Waals surface area contributed by atoms with Gasteiger partial charge < -0.3 is 9.84 Å². The summed E-state index contributed by atoms with van der Waals surface area (Å²) in [5, 5.41) is 9.30. The lowest BCUT2D eigenvalue weighted by atomic mass is 10.1. The zero-order valence-corrected chi connectivity index (χ0v) is 11.5. The number of hydrogen-bond donors (Lipinski definition) is 1. The van der Waals surface area contributed by atoms with Gasteiger partial charge in [-0.15, -0.1) is 18.2 Å². The molecular weight excluding hydrogens is 248 g/mol. The van der Waals surface area contributed by atoms with Crippen molar-refractivity contribution < 1.29 is 14.6 Å². The SMILES string of the molecule is C#CC(C)(C)Oc1cccc(SCC)c1C(=O)O. The van der Waals surface area contributed by atoms with Crippen molar-refractivity contribution in [3.63, 3.8) is 0 Å². The minimum absolute atomic E-state index is 0.174. The van der Waals surface area contributed by atoms with E-state index in [-0.39, 0.29) is 5.56 Å². The van der Waals surface area contributed by atoms with Crippen molar-refractivity contribution in [2.75, 3.05) is 5.75 Å². The summed E-state index contributed by atoms with van der Waals surface area (Å²) in [6.07, 6.45) is 5.35. The third-order valence-corrected chi connectivity index (χ3v) is 3.15. The lowest BCUT2D eigenvalue weighted by Gasteiger charge is -2.22. The molecule has 96 valence electrons. The first-order chi connectivity index (χ1) is 8.41. The highest BCUT2D eigenvalue weighted by molar-refractivity contribution is 7.99. The summed E-state index contributed by atoms with van der Waals surface area (Å²) in [7, 11) is 0. The van der Waals surface area contributed by atoms with E-state index in [1.54, 1.807) is 32.0 Å². The van der Waals surface area contributed by atoms with Gasteiger partial charge in [0.05, 0.1) is 0 Å². The van der Waals surface area contributed by atoms with E-state index in [4.69, 9.17) is 11.2 Å². The molecule has 0 heterocycles. The maximum atomic E-state index is 11.3. The van der Waals surface area contributed by atoms with Crippen LogP contribution in [0.15, 0.2) is 23.1 Å². The van der Waals surface area contributed by atoms with Gasteiger partial charge in [-0.3, -0.25) is 0 Å². The topological polar surface area (TPSA) is 46.5 Å². The van der Waals surface area contributed by atoms with Gasteiger partial charge in [-0.2, -0.15) is 0 Å². The predicted molar refractivity (Wildman–Crippen MR) is 73.3 cm³/mol. The van der Waals surface area contributed by atoms with Crippen molar-refractivity contribution in [2.45, 2.75) is 31.3 Å². The number of carboxylic acid groups (broad SMARTS) is 1. The largest absolute Gasteiger partial charge is 0.478 e. The van der Waals surface area contributed by atoms with E-state index in [9.17, 15) is 9.90 Å². The van der Waals surface area contributed by atoms with Crippen LogP contribution in [0.5, 0.6) is 5.75 Å². The van der Waals surface area contributed by atoms with Crippen LogP contribution in [0.3, 0.4) is 0 Å². The number of carboxylic acids is 1. The third kappa shape index (κ3) is 3.44. The summed E-state index contributed by atoms with van der Waals surface area (Å²) in [6.45, 7) is 5.41. The molecule has 0 saturated carbocycles. The lowest BCUT2D eigenvalue weighted by Crippen LogP contribution is -2.26. The fraction of sp³-hybridized carbons (Fsp3) is 0.357. The Kier molecular flexibility index (Phi) is 4.69. The van der Waals surface area contributed by atoms with Crippen LogP contribution in [-0.4, -0.2) is 22.4 Å². The maximum absolute atomic E-state index is 11.3. The standard InChI is InChI=1S/C14H16O3S/c1-5-14(3,4)17-10-8-7-9-11(18-6-2)12(10)13(15)16/h1,7-9H,6H2,2-4H3,(H,15,16). The Morgan fingerprint density at radius 2 is 2.22 bits per heavy atom. The number of benzene rings is 1. The van der Waals surface area contributed by atoms with Crippen molar-refractivity contribution >= 4 is 17.7 Å². The van der Waals surface area contributed by atoms with Gasteiger partial charge in [0.1, 0.15) is 11.3 Å². The summed E-state index contributed by atoms with van der Waals surface area (Å²) >= 11 is 1.47. The Bertz CT molecular complexity index is 486. The van der Waals surface area contributed by atoms with E-state index in [1.807, 2.05) is 6.92 Å². The molecule has 0 aromatic heterocycles. The Morgan fingerprint density at radius 1 is 1.56 bits per heavy atom. The highest BCUT2D eigenvalue weighted by Gasteiger charge is 2.22. The van der Waals surface area contributed by atoms with Crippen LogP contribution in [-0.2, 0) is 0 Å². The first-order valence-electron chi connectivity index (χ1n) is 5.57. The minimum Gasteiger partial charge on any atom is -0.478 e. The Balaban J connectivity index is 3.24. The van der Waals surface area contributed by atoms with E-state index in [1.165, 1.54) is 11.8 Å². The number of hydrogen-bond acceptors (Lipinski definition) is 3. The molecular formula is C14H16O3S. The molecule has 3 nitrogen and oxygen atoms in total. The van der Waals surface area contributed by atoms with Gasteiger partial charge in [0.2, 0.25) is 0 Å². The maximum Gasteiger partial charge on any atom is 0.340 e. The van der Waals surface area contributed by atoms with Crippen LogP contribution in [0.1, 0.15) is 31.1 Å². The van der Waals surface area contributed by atoms with Crippen LogP contribution in [0.25, 0.3) is 0 Å². The van der Waals surface area contributed by atoms with Crippen LogP contribution < -0.4 is 4.74 Å². The first-order valence-corrected chi connectivity index (χ1v) is 6.55. The summed E-state index contributed by atoms with van der Waals surface area (Å²) in [5.41, 5.74) is -0.660. The normalized spacial score (nSPS) is 10.8. The predicted octanol–water partition coefficient (Wildman–Crippen LogP) is 3.29. The van der Waals surface area contributed by atoms with Gasteiger partial charge in [-0.1, -0.05) is 18.9 Å². The highest BCUT2D eigenvalue weighted by atomic mass is 32.2. The molecule has 0 amide bonds. The molecule has 0 unspecified atom stereocenters. The third-order valence-electron chi connectivity index (χ3n) is 2.21. The number of ether oxygens (including phenoxy) is 1. The number of aromatic carboxylic acids is 1.